The number of aromatic nitrogens is 2. The molecule has 3 atom stereocenters. The number of likely N-dealkylation sites (tertiary alicyclic amines) is 2. The number of nitrogens with zero attached hydrogens (tertiary/aromatic N) is 6. The van der Waals surface area contributed by atoms with Gasteiger partial charge >= 0.3 is 6.01 Å². The largest absolute Gasteiger partial charge is 0.462 e. The summed E-state index contributed by atoms with van der Waals surface area (Å²) in [5.74, 6) is 1.04. The highest BCUT2D eigenvalue weighted by Gasteiger charge is 2.49. The fraction of sp³-hybridized carbons (Fsp3) is 0.483. The van der Waals surface area contributed by atoms with Gasteiger partial charge in [-0.3, -0.25) is 4.79 Å². The summed E-state index contributed by atoms with van der Waals surface area (Å²) in [4.78, 5) is 31.5. The van der Waals surface area contributed by atoms with Crippen LogP contribution in [0.15, 0.2) is 42.3 Å². The van der Waals surface area contributed by atoms with E-state index in [1.165, 1.54) is 33.8 Å². The Kier molecular flexibility index (Phi) is 6.00. The van der Waals surface area contributed by atoms with Crippen LogP contribution < -0.4 is 14.5 Å². The van der Waals surface area contributed by atoms with E-state index in [4.69, 9.17) is 14.7 Å². The molecule has 0 bridgehead atoms. The van der Waals surface area contributed by atoms with Crippen molar-refractivity contribution in [2.24, 2.45) is 0 Å². The number of hydrogen-bond donors (Lipinski definition) is 0. The average Bonchev–Trinajstić information content (AvgIpc) is 3.65. The fourth-order valence-electron chi connectivity index (χ4n) is 6.77. The van der Waals surface area contributed by atoms with Crippen LogP contribution in [0.25, 0.3) is 10.1 Å². The second-order valence-corrected chi connectivity index (χ2v) is 11.9. The van der Waals surface area contributed by atoms with Crippen molar-refractivity contribution < 1.29 is 9.53 Å². The lowest BCUT2D eigenvalue weighted by Crippen LogP contribution is -2.63. The van der Waals surface area contributed by atoms with Crippen LogP contribution in [0.3, 0.4) is 0 Å². The summed E-state index contributed by atoms with van der Waals surface area (Å²) in [5.41, 5.74) is 3.56. The maximum atomic E-state index is 12.4. The average molecular weight is 531 g/mol. The lowest BCUT2D eigenvalue weighted by atomic mass is 9.94. The van der Waals surface area contributed by atoms with Crippen LogP contribution >= 0.6 is 11.3 Å². The van der Waals surface area contributed by atoms with E-state index in [-0.39, 0.29) is 11.9 Å². The Balaban J connectivity index is 1.20. The van der Waals surface area contributed by atoms with E-state index in [1.54, 1.807) is 11.3 Å². The van der Waals surface area contributed by atoms with Crippen molar-refractivity contribution in [3.8, 4) is 6.01 Å². The number of carbonyl (C=O) groups excluding carboxylic acids is 1. The molecule has 3 aromatic rings. The molecule has 9 heteroatoms. The highest BCUT2D eigenvalue weighted by Crippen LogP contribution is 2.41. The summed E-state index contributed by atoms with van der Waals surface area (Å²) in [5, 5.41) is 3.47. The van der Waals surface area contributed by atoms with Crippen molar-refractivity contribution in [3.63, 3.8) is 0 Å². The van der Waals surface area contributed by atoms with E-state index in [2.05, 4.69) is 58.0 Å². The summed E-state index contributed by atoms with van der Waals surface area (Å²) < 4.78 is 7.60. The normalized spacial score (nSPS) is 24.9. The number of hydrogen-bond acceptors (Lipinski definition) is 8. The van der Waals surface area contributed by atoms with Gasteiger partial charge in [0.15, 0.2) is 0 Å². The maximum absolute atomic E-state index is 12.4. The summed E-state index contributed by atoms with van der Waals surface area (Å²) in [6.45, 7) is 8.66. The van der Waals surface area contributed by atoms with Gasteiger partial charge in [0, 0.05) is 47.0 Å². The molecule has 3 fully saturated rings. The van der Waals surface area contributed by atoms with Gasteiger partial charge in [0.25, 0.3) is 0 Å². The molecule has 1 amide bonds. The molecular formula is C29H34N6O2S. The minimum absolute atomic E-state index is 0.0322. The number of benzene rings is 1. The van der Waals surface area contributed by atoms with Gasteiger partial charge in [-0.25, -0.2) is 0 Å². The fourth-order valence-corrected chi connectivity index (χ4v) is 7.57. The van der Waals surface area contributed by atoms with Crippen LogP contribution in [0.5, 0.6) is 6.01 Å². The Morgan fingerprint density at radius 1 is 1.18 bits per heavy atom. The smallest absolute Gasteiger partial charge is 0.318 e. The molecule has 8 nitrogen and oxygen atoms in total. The predicted molar refractivity (Wildman–Crippen MR) is 151 cm³/mol. The molecule has 6 heterocycles. The highest BCUT2D eigenvalue weighted by molar-refractivity contribution is 7.17. The lowest BCUT2D eigenvalue weighted by Gasteiger charge is -2.48. The Labute approximate surface area is 227 Å². The number of anilines is 2. The molecule has 198 valence electrons. The molecule has 7 rings (SSSR count). The van der Waals surface area contributed by atoms with Gasteiger partial charge in [0.05, 0.1) is 24.3 Å². The van der Waals surface area contributed by atoms with Gasteiger partial charge in [-0.15, -0.1) is 11.3 Å². The van der Waals surface area contributed by atoms with Gasteiger partial charge in [0.1, 0.15) is 12.4 Å². The summed E-state index contributed by atoms with van der Waals surface area (Å²) in [6.07, 6.45) is 5.64. The van der Waals surface area contributed by atoms with Crippen LogP contribution in [-0.4, -0.2) is 83.6 Å². The third kappa shape index (κ3) is 3.94. The van der Waals surface area contributed by atoms with Gasteiger partial charge in [0.2, 0.25) is 5.91 Å². The van der Waals surface area contributed by atoms with Crippen molar-refractivity contribution in [1.29, 1.82) is 0 Å². The molecule has 0 N–H and O–H groups in total. The van der Waals surface area contributed by atoms with Gasteiger partial charge in [-0.1, -0.05) is 12.6 Å². The summed E-state index contributed by atoms with van der Waals surface area (Å²) in [7, 11) is 2.17. The van der Waals surface area contributed by atoms with Gasteiger partial charge in [-0.05, 0) is 68.9 Å². The molecule has 38 heavy (non-hydrogen) atoms. The van der Waals surface area contributed by atoms with Crippen LogP contribution in [0.2, 0.25) is 0 Å². The molecule has 0 aliphatic carbocycles. The van der Waals surface area contributed by atoms with E-state index < -0.39 is 0 Å². The zero-order valence-electron chi connectivity index (χ0n) is 21.9. The van der Waals surface area contributed by atoms with Crippen molar-refractivity contribution in [2.75, 3.05) is 49.6 Å². The Bertz CT molecular complexity index is 1390. The van der Waals surface area contributed by atoms with Crippen molar-refractivity contribution in [3.05, 3.63) is 53.6 Å². The number of thiophene rings is 1. The third-order valence-corrected chi connectivity index (χ3v) is 9.82. The standard InChI is InChI=1S/C29H34N6O2S/c1-3-27(36)34-14-10-24-25(34)17-35(24)28-20-9-13-33(23-7-4-8-26-21(23)11-15-38-26)16-22(20)30-29(31-28)37-18-19-6-5-12-32(19)2/h3-4,7-8,11,15,19,24-25H,1,5-6,9-10,12-14,16-18H2,2H3/t19-,24+,25+/m0/s1. The molecule has 4 aliphatic rings. The molecule has 3 saturated heterocycles. The first kappa shape index (κ1) is 23.9. The van der Waals surface area contributed by atoms with Crippen LogP contribution in [0.4, 0.5) is 11.5 Å². The first-order valence-electron chi connectivity index (χ1n) is 13.7. The van der Waals surface area contributed by atoms with Crippen LogP contribution in [-0.2, 0) is 17.8 Å². The Hall–Kier alpha value is -3.17. The SMILES string of the molecule is C=CC(=O)N1CC[C@@H]2[C@H]1CN2c1nc(OC[C@@H]2CCCN2C)nc2c1CCN(c1cccc3sccc13)C2. The van der Waals surface area contributed by atoms with Crippen molar-refractivity contribution in [1.82, 2.24) is 19.8 Å². The topological polar surface area (TPSA) is 65.0 Å². The molecule has 0 spiro atoms. The zero-order chi connectivity index (χ0) is 25.8. The Morgan fingerprint density at radius 2 is 2.11 bits per heavy atom. The second kappa shape index (κ2) is 9.54. The second-order valence-electron chi connectivity index (χ2n) is 10.9. The monoisotopic (exact) mass is 530 g/mol. The number of fused-ring (bicyclic) bond motifs is 3. The predicted octanol–water partition coefficient (Wildman–Crippen LogP) is 3.70. The summed E-state index contributed by atoms with van der Waals surface area (Å²) >= 11 is 1.78. The van der Waals surface area contributed by atoms with E-state index in [9.17, 15) is 4.79 Å². The minimum atomic E-state index is 0.0322. The van der Waals surface area contributed by atoms with E-state index in [0.717, 1.165) is 63.5 Å². The van der Waals surface area contributed by atoms with Crippen LogP contribution in [0, 0.1) is 0 Å². The number of likely N-dealkylation sites (N-methyl/N-ethyl adjacent to an activating group) is 1. The van der Waals surface area contributed by atoms with Gasteiger partial charge in [-0.2, -0.15) is 9.97 Å². The van der Waals surface area contributed by atoms with E-state index >= 15 is 0 Å². The third-order valence-electron chi connectivity index (χ3n) is 8.94. The zero-order valence-corrected chi connectivity index (χ0v) is 22.7. The number of carbonyl (C=O) groups is 1. The minimum Gasteiger partial charge on any atom is -0.462 e. The lowest BCUT2D eigenvalue weighted by molar-refractivity contribution is -0.127. The number of ether oxygens (including phenoxy) is 1. The number of rotatable bonds is 6. The molecule has 4 aliphatic heterocycles. The van der Waals surface area contributed by atoms with Crippen molar-refractivity contribution in [2.45, 2.75) is 50.4 Å². The molecule has 2 aromatic heterocycles. The molecule has 0 saturated carbocycles. The van der Waals surface area contributed by atoms with E-state index in [1.807, 2.05) is 4.90 Å². The first-order valence-corrected chi connectivity index (χ1v) is 14.6. The highest BCUT2D eigenvalue weighted by atomic mass is 32.1. The van der Waals surface area contributed by atoms with Crippen LogP contribution in [0.1, 0.15) is 30.5 Å². The van der Waals surface area contributed by atoms with Gasteiger partial charge < -0.3 is 24.3 Å². The number of amides is 1. The molecular weight excluding hydrogens is 496 g/mol. The maximum Gasteiger partial charge on any atom is 0.318 e. The quantitative estimate of drug-likeness (QED) is 0.450. The summed E-state index contributed by atoms with van der Waals surface area (Å²) in [6, 6.07) is 10.2. The molecule has 1 aromatic carbocycles. The Morgan fingerprint density at radius 3 is 2.95 bits per heavy atom. The first-order chi connectivity index (χ1) is 18.6. The molecule has 0 radical (unpaired) electrons. The molecule has 0 unspecified atom stereocenters. The van der Waals surface area contributed by atoms with E-state index in [0.29, 0.717) is 24.7 Å². The van der Waals surface area contributed by atoms with Crippen molar-refractivity contribution >= 4 is 38.8 Å².